The van der Waals surface area contributed by atoms with Crippen LogP contribution in [-0.2, 0) is 4.79 Å². The first-order chi connectivity index (χ1) is 9.91. The van der Waals surface area contributed by atoms with Crippen LogP contribution in [0, 0.1) is 19.8 Å². The number of carbonyl (C=O) groups is 1. The minimum atomic E-state index is -0.378. The molecule has 0 aromatic heterocycles. The summed E-state index contributed by atoms with van der Waals surface area (Å²) in [6.07, 6.45) is 0. The van der Waals surface area contributed by atoms with Crippen molar-refractivity contribution in [2.45, 2.75) is 33.7 Å². The second-order valence-electron chi connectivity index (χ2n) is 6.30. The normalized spacial score (nSPS) is 16.5. The molecule has 1 aromatic rings. The molecular weight excluding hydrogens is 298 g/mol. The predicted molar refractivity (Wildman–Crippen MR) is 94.8 cm³/mol. The molecule has 1 aliphatic rings. The van der Waals surface area contributed by atoms with E-state index >= 15 is 0 Å². The highest BCUT2D eigenvalue weighted by Gasteiger charge is 2.27. The van der Waals surface area contributed by atoms with Crippen LogP contribution >= 0.6 is 12.4 Å². The van der Waals surface area contributed by atoms with E-state index in [4.69, 9.17) is 5.73 Å². The molecule has 5 heteroatoms. The van der Waals surface area contributed by atoms with E-state index in [9.17, 15) is 4.79 Å². The zero-order valence-electron chi connectivity index (χ0n) is 14.0. The summed E-state index contributed by atoms with van der Waals surface area (Å²) in [4.78, 5) is 16.6. The monoisotopic (exact) mass is 325 g/mol. The van der Waals surface area contributed by atoms with Crippen molar-refractivity contribution >= 4 is 24.0 Å². The lowest BCUT2D eigenvalue weighted by molar-refractivity contribution is -0.133. The van der Waals surface area contributed by atoms with Crippen molar-refractivity contribution in [2.75, 3.05) is 31.1 Å². The molecule has 0 aliphatic carbocycles. The summed E-state index contributed by atoms with van der Waals surface area (Å²) < 4.78 is 0. The van der Waals surface area contributed by atoms with E-state index in [0.29, 0.717) is 0 Å². The number of hydrogen-bond donors (Lipinski definition) is 1. The van der Waals surface area contributed by atoms with E-state index in [1.165, 1.54) is 16.8 Å². The Morgan fingerprint density at radius 2 is 1.73 bits per heavy atom. The van der Waals surface area contributed by atoms with Crippen molar-refractivity contribution in [1.82, 2.24) is 4.90 Å². The quantitative estimate of drug-likeness (QED) is 0.928. The van der Waals surface area contributed by atoms with Gasteiger partial charge in [0.2, 0.25) is 5.91 Å². The molecule has 124 valence electrons. The molecule has 0 unspecified atom stereocenters. The Labute approximate surface area is 140 Å². The second-order valence-corrected chi connectivity index (χ2v) is 6.30. The fraction of sp³-hybridized carbons (Fsp3) is 0.588. The molecule has 1 aromatic carbocycles. The van der Waals surface area contributed by atoms with E-state index in [0.717, 1.165) is 26.2 Å². The molecule has 1 fully saturated rings. The topological polar surface area (TPSA) is 49.6 Å². The fourth-order valence-electron chi connectivity index (χ4n) is 2.74. The lowest BCUT2D eigenvalue weighted by atomic mass is 10.0. The highest BCUT2D eigenvalue weighted by Crippen LogP contribution is 2.24. The van der Waals surface area contributed by atoms with Crippen LogP contribution in [0.25, 0.3) is 0 Å². The van der Waals surface area contributed by atoms with E-state index < -0.39 is 0 Å². The van der Waals surface area contributed by atoms with Crippen molar-refractivity contribution < 1.29 is 4.79 Å². The van der Waals surface area contributed by atoms with Crippen molar-refractivity contribution in [3.05, 3.63) is 29.3 Å². The molecule has 2 rings (SSSR count). The van der Waals surface area contributed by atoms with Crippen molar-refractivity contribution in [3.63, 3.8) is 0 Å². The summed E-state index contributed by atoms with van der Waals surface area (Å²) in [5, 5.41) is 0. The van der Waals surface area contributed by atoms with Gasteiger partial charge in [-0.25, -0.2) is 0 Å². The van der Waals surface area contributed by atoms with E-state index in [2.05, 4.69) is 36.9 Å². The van der Waals surface area contributed by atoms with Crippen LogP contribution in [-0.4, -0.2) is 43.0 Å². The van der Waals surface area contributed by atoms with Crippen LogP contribution in [0.1, 0.15) is 25.0 Å². The van der Waals surface area contributed by atoms with Crippen molar-refractivity contribution in [1.29, 1.82) is 0 Å². The lowest BCUT2D eigenvalue weighted by Gasteiger charge is -2.38. The molecule has 4 nitrogen and oxygen atoms in total. The lowest BCUT2D eigenvalue weighted by Crippen LogP contribution is -2.54. The SMILES string of the molecule is Cc1cccc(N2CCN(C(=O)[C@@H](N)C(C)C)CC2)c1C.Cl. The van der Waals surface area contributed by atoms with Gasteiger partial charge in [-0.1, -0.05) is 26.0 Å². The maximum Gasteiger partial charge on any atom is 0.239 e. The first-order valence-corrected chi connectivity index (χ1v) is 7.77. The summed E-state index contributed by atoms with van der Waals surface area (Å²) in [7, 11) is 0. The summed E-state index contributed by atoms with van der Waals surface area (Å²) in [5.41, 5.74) is 9.91. The molecule has 1 heterocycles. The van der Waals surface area contributed by atoms with Gasteiger partial charge in [0.1, 0.15) is 0 Å². The molecule has 0 spiro atoms. The first kappa shape index (κ1) is 18.8. The Bertz CT molecular complexity index is 511. The molecule has 0 radical (unpaired) electrons. The average Bonchev–Trinajstić information content (AvgIpc) is 2.48. The molecule has 22 heavy (non-hydrogen) atoms. The van der Waals surface area contributed by atoms with Gasteiger partial charge in [-0.2, -0.15) is 0 Å². The van der Waals surface area contributed by atoms with Crippen molar-refractivity contribution in [2.24, 2.45) is 11.7 Å². The van der Waals surface area contributed by atoms with Gasteiger partial charge in [0.25, 0.3) is 0 Å². The molecular formula is C17H28ClN3O. The molecule has 1 aliphatic heterocycles. The van der Waals surface area contributed by atoms with Crippen LogP contribution < -0.4 is 10.6 Å². The van der Waals surface area contributed by atoms with Crippen LogP contribution in [0.2, 0.25) is 0 Å². The number of carbonyl (C=O) groups excluding carboxylic acids is 1. The number of benzene rings is 1. The van der Waals surface area contributed by atoms with Gasteiger partial charge in [-0.15, -0.1) is 12.4 Å². The second kappa shape index (κ2) is 7.84. The van der Waals surface area contributed by atoms with Gasteiger partial charge >= 0.3 is 0 Å². The largest absolute Gasteiger partial charge is 0.368 e. The smallest absolute Gasteiger partial charge is 0.239 e. The first-order valence-electron chi connectivity index (χ1n) is 7.77. The van der Waals surface area contributed by atoms with Crippen LogP contribution in [0.3, 0.4) is 0 Å². The average molecular weight is 326 g/mol. The van der Waals surface area contributed by atoms with Gasteiger partial charge in [-0.3, -0.25) is 4.79 Å². The molecule has 2 N–H and O–H groups in total. The summed E-state index contributed by atoms with van der Waals surface area (Å²) in [6, 6.07) is 6.03. The van der Waals surface area contributed by atoms with E-state index in [1.54, 1.807) is 0 Å². The predicted octanol–water partition coefficient (Wildman–Crippen LogP) is 2.36. The Morgan fingerprint density at radius 3 is 2.27 bits per heavy atom. The minimum Gasteiger partial charge on any atom is -0.368 e. The third kappa shape index (κ3) is 3.93. The number of rotatable bonds is 3. The number of aryl methyl sites for hydroxylation is 1. The van der Waals surface area contributed by atoms with Gasteiger partial charge in [0, 0.05) is 31.9 Å². The number of anilines is 1. The number of hydrogen-bond acceptors (Lipinski definition) is 3. The van der Waals surface area contributed by atoms with Crippen LogP contribution in [0.5, 0.6) is 0 Å². The zero-order valence-corrected chi connectivity index (χ0v) is 14.8. The Balaban J connectivity index is 0.00000242. The maximum atomic E-state index is 12.3. The van der Waals surface area contributed by atoms with Crippen molar-refractivity contribution in [3.8, 4) is 0 Å². The number of halogens is 1. The highest BCUT2D eigenvalue weighted by molar-refractivity contribution is 5.85. The molecule has 0 bridgehead atoms. The number of piperazine rings is 1. The Kier molecular flexibility index (Phi) is 6.69. The minimum absolute atomic E-state index is 0. The Morgan fingerprint density at radius 1 is 1.14 bits per heavy atom. The number of nitrogens with zero attached hydrogens (tertiary/aromatic N) is 2. The standard InChI is InChI=1S/C17H27N3O.ClH/c1-12(2)16(18)17(21)20-10-8-19(9-11-20)15-7-5-6-13(3)14(15)4;/h5-7,12,16H,8-11,18H2,1-4H3;1H/t16-;/m0./s1. The van der Waals surface area contributed by atoms with Gasteiger partial charge in [0.15, 0.2) is 0 Å². The number of amides is 1. The third-order valence-electron chi connectivity index (χ3n) is 4.51. The molecule has 1 saturated heterocycles. The zero-order chi connectivity index (χ0) is 15.6. The number of nitrogens with two attached hydrogens (primary N) is 1. The van der Waals surface area contributed by atoms with Crippen LogP contribution in [0.15, 0.2) is 18.2 Å². The molecule has 1 atom stereocenters. The maximum absolute atomic E-state index is 12.3. The van der Waals surface area contributed by atoms with Gasteiger partial charge in [0.05, 0.1) is 6.04 Å². The van der Waals surface area contributed by atoms with Gasteiger partial charge < -0.3 is 15.5 Å². The van der Waals surface area contributed by atoms with Gasteiger partial charge in [-0.05, 0) is 37.0 Å². The Hall–Kier alpha value is -1.26. The van der Waals surface area contributed by atoms with Crippen LogP contribution in [0.4, 0.5) is 5.69 Å². The highest BCUT2D eigenvalue weighted by atomic mass is 35.5. The van der Waals surface area contributed by atoms with E-state index in [-0.39, 0.29) is 30.3 Å². The summed E-state index contributed by atoms with van der Waals surface area (Å²) in [5.74, 6) is 0.278. The van der Waals surface area contributed by atoms with E-state index in [1.807, 2.05) is 18.7 Å². The molecule has 1 amide bonds. The molecule has 0 saturated carbocycles. The summed E-state index contributed by atoms with van der Waals surface area (Å²) in [6.45, 7) is 11.6. The summed E-state index contributed by atoms with van der Waals surface area (Å²) >= 11 is 0. The fourth-order valence-corrected chi connectivity index (χ4v) is 2.74. The third-order valence-corrected chi connectivity index (χ3v) is 4.51.